The smallest absolute Gasteiger partial charge is 0.343 e. The summed E-state index contributed by atoms with van der Waals surface area (Å²) in [7, 11) is 0. The second kappa shape index (κ2) is 27.3. The highest BCUT2D eigenvalue weighted by atomic mass is 16.7. The van der Waals surface area contributed by atoms with Crippen molar-refractivity contribution < 1.29 is 188 Å². The average molecular weight is 1400 g/mol. The first-order valence-electron chi connectivity index (χ1n) is 27.3. The molecular formula is C62H44O38. The van der Waals surface area contributed by atoms with Crippen LogP contribution in [0, 0.1) is 0 Å². The number of benzene rings is 8. The molecule has 100 heavy (non-hydrogen) atoms. The Labute approximate surface area is 551 Å². The van der Waals surface area contributed by atoms with E-state index in [0.717, 1.165) is 0 Å². The largest absolute Gasteiger partial charge is 0.504 e. The van der Waals surface area contributed by atoms with Crippen LogP contribution in [0.15, 0.2) is 97.1 Å². The zero-order chi connectivity index (χ0) is 73.4. The number of carbonyl (C=O) groups excluding carboxylic acids is 8. The summed E-state index contributed by atoms with van der Waals surface area (Å²) in [6.07, 6.45) is -14.0. The van der Waals surface area contributed by atoms with E-state index in [0.29, 0.717) is 97.1 Å². The standard InChI is InChI=1S/C62H44O38/c63-26-1-18(2-27(64)43(26)76)54(84)92-17-42-51(97-58(88)23-11-36(73)48(81)39(14-23)93-55(85)19-3-28(65)44(77)29(66)4-19)52(98-59(89)24-12-37(74)49(82)40(15-24)94-56(86)20-5-30(67)45(78)31(68)6-20)53(62(96-42)100-61(91)22-9-34(71)47(80)35(72)10-22)99-60(90)25-13-38(75)50(83)41(16-25)95-57(87)21-7-32(69)46(79)33(70)8-21/h1-16,42,51-53,62-83H,17H2/t42?,51-,52?,53+,62?/m1/s1. The van der Waals surface area contributed by atoms with Gasteiger partial charge in [-0.15, -0.1) is 0 Å². The average Bonchev–Trinajstić information content (AvgIpc) is 0.765. The second-order valence-electron chi connectivity index (χ2n) is 20.7. The number of ether oxygens (including phenoxy) is 9. The summed E-state index contributed by atoms with van der Waals surface area (Å²) in [5.41, 5.74) is -7.35. The molecule has 1 aliphatic heterocycles. The predicted molar refractivity (Wildman–Crippen MR) is 313 cm³/mol. The van der Waals surface area contributed by atoms with Gasteiger partial charge in [0.15, 0.2) is 133 Å². The number of hydrogen-bond acceptors (Lipinski definition) is 38. The molecule has 38 nitrogen and oxygen atoms in total. The summed E-state index contributed by atoms with van der Waals surface area (Å²) in [5, 5.41) is 217. The Morgan fingerprint density at radius 3 is 0.740 bits per heavy atom. The van der Waals surface area contributed by atoms with Gasteiger partial charge in [-0.05, 0) is 97.1 Å². The number of esters is 8. The summed E-state index contributed by atoms with van der Waals surface area (Å²) in [4.78, 5) is 112. The lowest BCUT2D eigenvalue weighted by Crippen LogP contribution is -2.63. The maximum Gasteiger partial charge on any atom is 0.343 e. The molecule has 3 unspecified atom stereocenters. The van der Waals surface area contributed by atoms with Gasteiger partial charge in [-0.25, -0.2) is 38.4 Å². The first kappa shape index (κ1) is 69.6. The van der Waals surface area contributed by atoms with Gasteiger partial charge in [0, 0.05) is 0 Å². The minimum Gasteiger partial charge on any atom is -0.504 e. The minimum atomic E-state index is -2.92. The van der Waals surface area contributed by atoms with Crippen LogP contribution in [0.5, 0.6) is 138 Å². The molecule has 0 radical (unpaired) electrons. The molecule has 0 spiro atoms. The Balaban J connectivity index is 1.21. The van der Waals surface area contributed by atoms with Crippen LogP contribution in [-0.2, 0) is 28.4 Å². The molecule has 0 bridgehead atoms. The number of aromatic hydroxyl groups is 21. The van der Waals surface area contributed by atoms with Gasteiger partial charge in [-0.1, -0.05) is 0 Å². The van der Waals surface area contributed by atoms with Crippen molar-refractivity contribution in [2.24, 2.45) is 0 Å². The van der Waals surface area contributed by atoms with Crippen LogP contribution in [0.2, 0.25) is 0 Å². The number of phenols is 21. The molecule has 1 heterocycles. The van der Waals surface area contributed by atoms with E-state index in [9.17, 15) is 146 Å². The molecule has 9 rings (SSSR count). The number of rotatable bonds is 17. The van der Waals surface area contributed by atoms with E-state index in [2.05, 4.69) is 0 Å². The van der Waals surface area contributed by atoms with Crippen molar-refractivity contribution in [1.29, 1.82) is 0 Å². The van der Waals surface area contributed by atoms with Crippen molar-refractivity contribution in [3.8, 4) is 138 Å². The molecule has 520 valence electrons. The fraction of sp³-hybridized carbons (Fsp3) is 0.0968. The number of hydrogen-bond donors (Lipinski definition) is 21. The lowest BCUT2D eigenvalue weighted by molar-refractivity contribution is -0.282. The normalized spacial score (nSPS) is 15.5. The Morgan fingerprint density at radius 1 is 0.250 bits per heavy atom. The van der Waals surface area contributed by atoms with Gasteiger partial charge in [0.05, 0.1) is 44.5 Å². The van der Waals surface area contributed by atoms with Gasteiger partial charge in [0.25, 0.3) is 0 Å². The van der Waals surface area contributed by atoms with Crippen LogP contribution in [0.25, 0.3) is 0 Å². The lowest BCUT2D eigenvalue weighted by atomic mass is 9.97. The summed E-state index contributed by atoms with van der Waals surface area (Å²) in [6, 6.07) is 7.56. The first-order chi connectivity index (χ1) is 47.0. The van der Waals surface area contributed by atoms with Crippen molar-refractivity contribution in [3.63, 3.8) is 0 Å². The third-order valence-corrected chi connectivity index (χ3v) is 13.9. The van der Waals surface area contributed by atoms with Gasteiger partial charge < -0.3 is 150 Å². The lowest BCUT2D eigenvalue weighted by Gasteiger charge is -2.43. The van der Waals surface area contributed by atoms with Crippen molar-refractivity contribution in [3.05, 3.63) is 142 Å². The number of carbonyl (C=O) groups is 8. The van der Waals surface area contributed by atoms with Crippen molar-refractivity contribution >= 4 is 47.8 Å². The van der Waals surface area contributed by atoms with E-state index in [1.54, 1.807) is 0 Å². The summed E-state index contributed by atoms with van der Waals surface area (Å²) < 4.78 is 49.5. The van der Waals surface area contributed by atoms with Crippen molar-refractivity contribution in [1.82, 2.24) is 0 Å². The second-order valence-corrected chi connectivity index (χ2v) is 20.7. The molecule has 8 aromatic carbocycles. The first-order valence-corrected chi connectivity index (χ1v) is 27.3. The van der Waals surface area contributed by atoms with E-state index < -0.39 is 268 Å². The van der Waals surface area contributed by atoms with Crippen LogP contribution < -0.4 is 14.2 Å². The molecule has 0 aromatic heterocycles. The Morgan fingerprint density at radius 2 is 0.460 bits per heavy atom. The molecule has 8 aromatic rings. The molecule has 1 saturated heterocycles. The summed E-state index contributed by atoms with van der Waals surface area (Å²) >= 11 is 0. The Hall–Kier alpha value is -14.7. The summed E-state index contributed by atoms with van der Waals surface area (Å²) in [5.74, 6) is -42.9. The fourth-order valence-corrected chi connectivity index (χ4v) is 8.95. The molecule has 1 fully saturated rings. The van der Waals surface area contributed by atoms with Crippen LogP contribution in [0.4, 0.5) is 0 Å². The molecule has 0 aliphatic carbocycles. The molecule has 38 heteroatoms. The Kier molecular flexibility index (Phi) is 19.0. The maximum absolute atomic E-state index is 14.9. The van der Waals surface area contributed by atoms with E-state index >= 15 is 0 Å². The highest BCUT2D eigenvalue weighted by Crippen LogP contribution is 2.46. The van der Waals surface area contributed by atoms with E-state index in [1.165, 1.54) is 0 Å². The third kappa shape index (κ3) is 14.3. The molecule has 21 N–H and O–H groups in total. The van der Waals surface area contributed by atoms with E-state index in [1.807, 2.05) is 0 Å². The number of phenolic OH excluding ortho intramolecular Hbond substituents is 21. The highest BCUT2D eigenvalue weighted by Gasteiger charge is 2.55. The summed E-state index contributed by atoms with van der Waals surface area (Å²) in [6.45, 7) is -1.50. The topological polar surface area (TPSA) is 644 Å². The van der Waals surface area contributed by atoms with Crippen LogP contribution in [0.1, 0.15) is 82.9 Å². The SMILES string of the molecule is O=C(OCC1OC(OC(=O)c2cc(O)c(O)c(O)c2)[C@@H](OC(=O)c2cc(O)c(O)c(OC(=O)c3cc(O)c(O)c(O)c3)c2)C(OC(=O)c2cc(O)c(O)c(OC(=O)c3cc(O)c(O)c(O)c3)c2)[C@@H]1OC(=O)c1cc(O)c(O)c(OC(=O)c2cc(O)c(O)c(O)c2)c1)c1cc(O)c(O)c(O)c1. The predicted octanol–water partition coefficient (Wildman–Crippen LogP) is 3.58. The van der Waals surface area contributed by atoms with Gasteiger partial charge in [-0.2, -0.15) is 0 Å². The van der Waals surface area contributed by atoms with Gasteiger partial charge in [-0.3, -0.25) is 0 Å². The monoisotopic (exact) mass is 1400 g/mol. The van der Waals surface area contributed by atoms with Gasteiger partial charge in [0.1, 0.15) is 12.7 Å². The zero-order valence-electron chi connectivity index (χ0n) is 49.2. The molecule has 5 atom stereocenters. The van der Waals surface area contributed by atoms with Crippen LogP contribution >= 0.6 is 0 Å². The van der Waals surface area contributed by atoms with Crippen LogP contribution in [0.3, 0.4) is 0 Å². The molecule has 0 saturated carbocycles. The van der Waals surface area contributed by atoms with Gasteiger partial charge >= 0.3 is 47.8 Å². The van der Waals surface area contributed by atoms with Crippen molar-refractivity contribution in [2.75, 3.05) is 6.61 Å². The van der Waals surface area contributed by atoms with E-state index in [4.69, 9.17) is 42.6 Å². The zero-order valence-corrected chi connectivity index (χ0v) is 49.2. The third-order valence-electron chi connectivity index (χ3n) is 13.9. The quantitative estimate of drug-likeness (QED) is 0.0268. The maximum atomic E-state index is 14.9. The molecular weight excluding hydrogens is 1350 g/mol. The highest BCUT2D eigenvalue weighted by molar-refractivity contribution is 5.98. The fourth-order valence-electron chi connectivity index (χ4n) is 8.95. The van der Waals surface area contributed by atoms with Gasteiger partial charge in [0.2, 0.25) is 29.6 Å². The van der Waals surface area contributed by atoms with E-state index in [-0.39, 0.29) is 0 Å². The van der Waals surface area contributed by atoms with Crippen LogP contribution in [-0.4, -0.2) is 192 Å². The minimum absolute atomic E-state index is 0.365. The Bertz CT molecular complexity index is 4630. The molecule has 1 aliphatic rings. The molecule has 0 amide bonds. The van der Waals surface area contributed by atoms with Crippen molar-refractivity contribution in [2.45, 2.75) is 30.7 Å².